The average molecular weight is 465 g/mol. The molecule has 0 saturated carbocycles. The van der Waals surface area contributed by atoms with Gasteiger partial charge in [0.25, 0.3) is 5.91 Å². The number of likely N-dealkylation sites (N-methyl/N-ethyl adjacent to an activating group) is 1. The zero-order valence-electron chi connectivity index (χ0n) is 17.3. The molecule has 4 rings (SSSR count). The van der Waals surface area contributed by atoms with E-state index in [1.807, 2.05) is 23.6 Å². The Morgan fingerprint density at radius 2 is 2.03 bits per heavy atom. The Bertz CT molecular complexity index is 1130. The highest BCUT2D eigenvalue weighted by molar-refractivity contribution is 6.34. The quantitative estimate of drug-likeness (QED) is 0.590. The van der Waals surface area contributed by atoms with E-state index in [4.69, 9.17) is 11.6 Å². The smallest absolute Gasteiger partial charge is 0.328 e. The molecule has 1 unspecified atom stereocenters. The second-order valence-corrected chi connectivity index (χ2v) is 8.08. The van der Waals surface area contributed by atoms with Crippen molar-refractivity contribution >= 4 is 17.5 Å². The number of hydrogen-bond acceptors (Lipinski definition) is 5. The van der Waals surface area contributed by atoms with Gasteiger partial charge >= 0.3 is 6.18 Å². The summed E-state index contributed by atoms with van der Waals surface area (Å²) in [7, 11) is 3.71. The van der Waals surface area contributed by atoms with E-state index in [1.54, 1.807) is 24.9 Å². The van der Waals surface area contributed by atoms with Crippen molar-refractivity contribution in [2.24, 2.45) is 0 Å². The molecular weight excluding hydrogens is 445 g/mol. The Labute approximate surface area is 187 Å². The van der Waals surface area contributed by atoms with Crippen molar-refractivity contribution in [3.63, 3.8) is 0 Å². The number of rotatable bonds is 4. The maximum atomic E-state index is 13.4. The second kappa shape index (κ2) is 8.51. The van der Waals surface area contributed by atoms with Gasteiger partial charge < -0.3 is 9.80 Å². The molecule has 0 spiro atoms. The second-order valence-electron chi connectivity index (χ2n) is 7.70. The molecule has 1 atom stereocenters. The van der Waals surface area contributed by atoms with E-state index >= 15 is 0 Å². The molecule has 0 radical (unpaired) electrons. The predicted octanol–water partition coefficient (Wildman–Crippen LogP) is 3.64. The van der Waals surface area contributed by atoms with Gasteiger partial charge in [-0.25, -0.2) is 9.97 Å². The van der Waals surface area contributed by atoms with Crippen LogP contribution in [0.3, 0.4) is 0 Å². The van der Waals surface area contributed by atoms with Crippen LogP contribution in [0.15, 0.2) is 43.1 Å². The van der Waals surface area contributed by atoms with E-state index in [0.29, 0.717) is 31.0 Å². The minimum atomic E-state index is -4.65. The number of carbonyl (C=O) groups is 1. The molecule has 7 nitrogen and oxygen atoms in total. The fourth-order valence-electron chi connectivity index (χ4n) is 3.90. The molecule has 3 heterocycles. The van der Waals surface area contributed by atoms with Crippen molar-refractivity contribution in [1.29, 1.82) is 0 Å². The molecular formula is C21H20ClF3N6O. The third-order valence-corrected chi connectivity index (χ3v) is 5.72. The molecule has 1 aromatic carbocycles. The first kappa shape index (κ1) is 22.2. The van der Waals surface area contributed by atoms with Crippen molar-refractivity contribution in [1.82, 2.24) is 29.3 Å². The molecule has 0 aliphatic carbocycles. The Morgan fingerprint density at radius 3 is 2.69 bits per heavy atom. The van der Waals surface area contributed by atoms with Crippen LogP contribution in [0.1, 0.15) is 33.4 Å². The first-order valence-electron chi connectivity index (χ1n) is 9.82. The monoisotopic (exact) mass is 464 g/mol. The van der Waals surface area contributed by atoms with Crippen LogP contribution in [0.25, 0.3) is 5.82 Å². The third-order valence-electron chi connectivity index (χ3n) is 5.31. The summed E-state index contributed by atoms with van der Waals surface area (Å²) >= 11 is 6.03. The third kappa shape index (κ3) is 4.07. The standard InChI is InChI=1S/C21H20ClF3N6O/c1-29(2)11-16-19-15(31(12-28-19)17-10-26-7-8-27-17)6-9-30(16)20(32)13-4-3-5-14(18(13)22)21(23,24)25/h3-5,7-8,10,12,16H,6,9,11H2,1-2H3. The number of alkyl halides is 3. The van der Waals surface area contributed by atoms with Crippen LogP contribution in [-0.2, 0) is 12.6 Å². The predicted molar refractivity (Wildman–Crippen MR) is 112 cm³/mol. The summed E-state index contributed by atoms with van der Waals surface area (Å²) in [5.41, 5.74) is 0.351. The van der Waals surface area contributed by atoms with Crippen molar-refractivity contribution in [2.45, 2.75) is 18.6 Å². The molecule has 0 N–H and O–H groups in total. The molecule has 0 fully saturated rings. The van der Waals surface area contributed by atoms with E-state index in [2.05, 4.69) is 15.0 Å². The van der Waals surface area contributed by atoms with Gasteiger partial charge in [0, 0.05) is 31.9 Å². The maximum Gasteiger partial charge on any atom is 0.417 e. The number of halogens is 4. The lowest BCUT2D eigenvalue weighted by atomic mass is 9.99. The van der Waals surface area contributed by atoms with E-state index < -0.39 is 28.7 Å². The molecule has 0 bridgehead atoms. The summed E-state index contributed by atoms with van der Waals surface area (Å²) in [6.07, 6.45) is 2.19. The average Bonchev–Trinajstić information content (AvgIpc) is 3.18. The molecule has 168 valence electrons. The molecule has 1 aliphatic heterocycles. The lowest BCUT2D eigenvalue weighted by Gasteiger charge is -2.37. The Hall–Kier alpha value is -2.98. The SMILES string of the molecule is CN(C)CC1c2ncn(-c3cnccn3)c2CCN1C(=O)c1cccc(C(F)(F)F)c1Cl. The van der Waals surface area contributed by atoms with Gasteiger partial charge in [0.15, 0.2) is 5.82 Å². The van der Waals surface area contributed by atoms with Crippen LogP contribution in [0.5, 0.6) is 0 Å². The topological polar surface area (TPSA) is 67.2 Å². The highest BCUT2D eigenvalue weighted by Crippen LogP contribution is 2.38. The lowest BCUT2D eigenvalue weighted by Crippen LogP contribution is -2.44. The highest BCUT2D eigenvalue weighted by Gasteiger charge is 2.38. The molecule has 3 aromatic rings. The summed E-state index contributed by atoms with van der Waals surface area (Å²) < 4.78 is 41.7. The number of benzene rings is 1. The highest BCUT2D eigenvalue weighted by atomic mass is 35.5. The van der Waals surface area contributed by atoms with Crippen LogP contribution < -0.4 is 0 Å². The van der Waals surface area contributed by atoms with Crippen LogP contribution in [-0.4, -0.2) is 62.4 Å². The Kier molecular flexibility index (Phi) is 5.91. The number of imidazole rings is 1. The molecule has 1 aliphatic rings. The van der Waals surface area contributed by atoms with Gasteiger partial charge in [0.2, 0.25) is 0 Å². The van der Waals surface area contributed by atoms with E-state index in [1.165, 1.54) is 17.0 Å². The largest absolute Gasteiger partial charge is 0.417 e. The first-order valence-corrected chi connectivity index (χ1v) is 10.2. The van der Waals surface area contributed by atoms with Gasteiger partial charge in [-0.1, -0.05) is 17.7 Å². The fourth-order valence-corrected chi connectivity index (χ4v) is 4.22. The van der Waals surface area contributed by atoms with Crippen LogP contribution in [0.4, 0.5) is 13.2 Å². The number of nitrogens with zero attached hydrogens (tertiary/aromatic N) is 6. The molecule has 32 heavy (non-hydrogen) atoms. The zero-order valence-corrected chi connectivity index (χ0v) is 18.1. The number of aromatic nitrogens is 4. The number of hydrogen-bond donors (Lipinski definition) is 0. The number of amides is 1. The maximum absolute atomic E-state index is 13.4. The summed E-state index contributed by atoms with van der Waals surface area (Å²) in [6, 6.07) is 2.92. The molecule has 1 amide bonds. The first-order chi connectivity index (χ1) is 15.2. The van der Waals surface area contributed by atoms with Crippen LogP contribution in [0, 0.1) is 0 Å². The molecule has 11 heteroatoms. The van der Waals surface area contributed by atoms with E-state index in [9.17, 15) is 18.0 Å². The number of carbonyl (C=O) groups excluding carboxylic acids is 1. The Morgan fingerprint density at radius 1 is 1.25 bits per heavy atom. The van der Waals surface area contributed by atoms with Crippen LogP contribution >= 0.6 is 11.6 Å². The minimum absolute atomic E-state index is 0.179. The van der Waals surface area contributed by atoms with Crippen LogP contribution in [0.2, 0.25) is 5.02 Å². The van der Waals surface area contributed by atoms with Gasteiger partial charge in [0.05, 0.1) is 39.8 Å². The summed E-state index contributed by atoms with van der Waals surface area (Å²) in [5.74, 6) is 0.0400. The zero-order chi connectivity index (χ0) is 23.0. The number of fused-ring (bicyclic) bond motifs is 1. The summed E-state index contributed by atoms with van der Waals surface area (Å²) in [4.78, 5) is 29.7. The van der Waals surface area contributed by atoms with E-state index in [-0.39, 0.29) is 5.56 Å². The normalized spacial score (nSPS) is 16.3. The molecule has 2 aromatic heterocycles. The van der Waals surface area contributed by atoms with Gasteiger partial charge in [-0.05, 0) is 26.2 Å². The minimum Gasteiger partial charge on any atom is -0.328 e. The van der Waals surface area contributed by atoms with Gasteiger partial charge in [-0.15, -0.1) is 0 Å². The van der Waals surface area contributed by atoms with Crippen molar-refractivity contribution in [3.05, 3.63) is 70.7 Å². The molecule has 0 saturated heterocycles. The summed E-state index contributed by atoms with van der Waals surface area (Å²) in [5, 5.41) is -0.593. The van der Waals surface area contributed by atoms with Gasteiger partial charge in [-0.3, -0.25) is 14.3 Å². The van der Waals surface area contributed by atoms with Gasteiger partial charge in [0.1, 0.15) is 6.33 Å². The summed E-state index contributed by atoms with van der Waals surface area (Å²) in [6.45, 7) is 0.732. The Balaban J connectivity index is 1.74. The van der Waals surface area contributed by atoms with E-state index in [0.717, 1.165) is 11.8 Å². The lowest BCUT2D eigenvalue weighted by molar-refractivity contribution is -0.137. The van der Waals surface area contributed by atoms with Crippen molar-refractivity contribution in [3.8, 4) is 5.82 Å². The fraction of sp³-hybridized carbons (Fsp3) is 0.333. The van der Waals surface area contributed by atoms with Gasteiger partial charge in [-0.2, -0.15) is 13.2 Å². The van der Waals surface area contributed by atoms with Crippen molar-refractivity contribution in [2.75, 3.05) is 27.2 Å². The van der Waals surface area contributed by atoms with Crippen molar-refractivity contribution < 1.29 is 18.0 Å².